The van der Waals surface area contributed by atoms with Crippen LogP contribution in [-0.4, -0.2) is 56.1 Å². The van der Waals surface area contributed by atoms with Crippen molar-refractivity contribution in [3.8, 4) is 11.1 Å². The molecule has 9 heteroatoms. The molecule has 0 aliphatic carbocycles. The number of hydrogen-bond acceptors (Lipinski definition) is 6. The number of anilines is 2. The van der Waals surface area contributed by atoms with E-state index in [0.29, 0.717) is 20.6 Å². The largest absolute Gasteiger partial charge is 0.462 e. The monoisotopic (exact) mass is 517 g/mol. The Bertz CT molecular complexity index is 1160. The van der Waals surface area contributed by atoms with Gasteiger partial charge in [-0.3, -0.25) is 9.69 Å². The zero-order valence-corrected chi connectivity index (χ0v) is 21.1. The molecule has 0 atom stereocenters. The molecule has 1 saturated heterocycles. The maximum Gasteiger partial charge on any atom is 0.341 e. The number of thiophene rings is 1. The second-order valence-corrected chi connectivity index (χ2v) is 9.54. The molecule has 1 aliphatic rings. The fraction of sp³-hybridized carbons (Fsp3) is 0.280. The predicted molar refractivity (Wildman–Crippen MR) is 139 cm³/mol. The molecule has 6 nitrogen and oxygen atoms in total. The Kier molecular flexibility index (Phi) is 8.11. The molecule has 0 radical (unpaired) electrons. The minimum Gasteiger partial charge on any atom is -0.462 e. The van der Waals surface area contributed by atoms with Gasteiger partial charge in [0.2, 0.25) is 5.91 Å². The Balaban J connectivity index is 1.40. The Morgan fingerprint density at radius 2 is 1.76 bits per heavy atom. The van der Waals surface area contributed by atoms with Gasteiger partial charge in [0.1, 0.15) is 10.6 Å². The number of benzene rings is 2. The molecule has 0 saturated carbocycles. The highest BCUT2D eigenvalue weighted by molar-refractivity contribution is 7.15. The first kappa shape index (κ1) is 24.5. The number of piperazine rings is 1. The van der Waals surface area contributed by atoms with Crippen molar-refractivity contribution in [1.29, 1.82) is 0 Å². The summed E-state index contributed by atoms with van der Waals surface area (Å²) < 4.78 is 5.27. The molecule has 0 spiro atoms. The Morgan fingerprint density at radius 1 is 1.03 bits per heavy atom. The minimum absolute atomic E-state index is 0.157. The molecule has 1 amide bonds. The summed E-state index contributed by atoms with van der Waals surface area (Å²) in [6, 6.07) is 15.2. The number of hydrogen-bond donors (Lipinski definition) is 1. The van der Waals surface area contributed by atoms with Crippen LogP contribution in [0.25, 0.3) is 11.1 Å². The van der Waals surface area contributed by atoms with Crippen molar-refractivity contribution in [3.63, 3.8) is 0 Å². The normalized spacial score (nSPS) is 14.1. The van der Waals surface area contributed by atoms with E-state index in [1.54, 1.807) is 13.0 Å². The SMILES string of the molecule is CCOC(=O)c1c(-c2ccccc2)csc1NC(=O)CN1CCN(c2ccc(Cl)c(Cl)c2)CC1. The number of halogens is 2. The van der Waals surface area contributed by atoms with Gasteiger partial charge in [-0.2, -0.15) is 0 Å². The van der Waals surface area contributed by atoms with Crippen LogP contribution in [0.4, 0.5) is 10.7 Å². The quantitative estimate of drug-likeness (QED) is 0.409. The zero-order chi connectivity index (χ0) is 24.1. The Labute approximate surface area is 213 Å². The van der Waals surface area contributed by atoms with Crippen LogP contribution in [-0.2, 0) is 9.53 Å². The molecule has 2 aromatic carbocycles. The molecule has 4 rings (SSSR count). The molecule has 1 aromatic heterocycles. The average molecular weight is 518 g/mol. The Morgan fingerprint density at radius 3 is 2.44 bits per heavy atom. The smallest absolute Gasteiger partial charge is 0.341 e. The van der Waals surface area contributed by atoms with Crippen LogP contribution >= 0.6 is 34.5 Å². The molecule has 2 heterocycles. The average Bonchev–Trinajstić information content (AvgIpc) is 3.25. The first-order valence-corrected chi connectivity index (χ1v) is 12.7. The number of carbonyl (C=O) groups is 2. The number of carbonyl (C=O) groups excluding carboxylic acids is 2. The summed E-state index contributed by atoms with van der Waals surface area (Å²) >= 11 is 13.5. The number of esters is 1. The summed E-state index contributed by atoms with van der Waals surface area (Å²) in [4.78, 5) is 29.9. The van der Waals surface area contributed by atoms with Crippen LogP contribution in [0.3, 0.4) is 0 Å². The van der Waals surface area contributed by atoms with E-state index in [0.717, 1.165) is 43.0 Å². The molecule has 34 heavy (non-hydrogen) atoms. The summed E-state index contributed by atoms with van der Waals surface area (Å²) in [5, 5.41) is 6.39. The summed E-state index contributed by atoms with van der Waals surface area (Å²) in [5.41, 5.74) is 3.08. The standard InChI is InChI=1S/C25H25Cl2N3O3S/c1-2-33-25(32)23-19(17-6-4-3-5-7-17)16-34-24(23)28-22(31)15-29-10-12-30(13-11-29)18-8-9-20(26)21(27)14-18/h3-9,14,16H,2,10-13,15H2,1H3,(H,28,31). The highest BCUT2D eigenvalue weighted by atomic mass is 35.5. The minimum atomic E-state index is -0.437. The van der Waals surface area contributed by atoms with Crippen molar-refractivity contribution in [1.82, 2.24) is 4.90 Å². The van der Waals surface area contributed by atoms with E-state index in [1.807, 2.05) is 47.8 Å². The summed E-state index contributed by atoms with van der Waals surface area (Å²) in [5.74, 6) is -0.594. The molecular formula is C25H25Cl2N3O3S. The van der Waals surface area contributed by atoms with E-state index in [9.17, 15) is 9.59 Å². The van der Waals surface area contributed by atoms with E-state index in [-0.39, 0.29) is 19.1 Å². The third-order valence-electron chi connectivity index (χ3n) is 5.62. The van der Waals surface area contributed by atoms with Crippen molar-refractivity contribution in [3.05, 3.63) is 69.5 Å². The predicted octanol–water partition coefficient (Wildman–Crippen LogP) is 5.66. The number of nitrogens with one attached hydrogen (secondary N) is 1. The topological polar surface area (TPSA) is 61.9 Å². The van der Waals surface area contributed by atoms with Crippen molar-refractivity contribution in [2.75, 3.05) is 49.5 Å². The number of ether oxygens (including phenoxy) is 1. The maximum atomic E-state index is 12.8. The highest BCUT2D eigenvalue weighted by Gasteiger charge is 2.24. The van der Waals surface area contributed by atoms with E-state index >= 15 is 0 Å². The maximum absolute atomic E-state index is 12.8. The van der Waals surface area contributed by atoms with Gasteiger partial charge in [0, 0.05) is 42.8 Å². The van der Waals surface area contributed by atoms with Crippen LogP contribution in [0.1, 0.15) is 17.3 Å². The van der Waals surface area contributed by atoms with Gasteiger partial charge >= 0.3 is 5.97 Å². The first-order valence-electron chi connectivity index (χ1n) is 11.0. The van der Waals surface area contributed by atoms with E-state index in [4.69, 9.17) is 27.9 Å². The lowest BCUT2D eigenvalue weighted by molar-refractivity contribution is -0.117. The van der Waals surface area contributed by atoms with Crippen LogP contribution in [0.5, 0.6) is 0 Å². The number of rotatable bonds is 7. The zero-order valence-electron chi connectivity index (χ0n) is 18.7. The first-order chi connectivity index (χ1) is 16.5. The number of amides is 1. The van der Waals surface area contributed by atoms with Crippen molar-refractivity contribution >= 4 is 57.1 Å². The van der Waals surface area contributed by atoms with Gasteiger partial charge < -0.3 is 15.0 Å². The van der Waals surface area contributed by atoms with Gasteiger partial charge in [-0.15, -0.1) is 11.3 Å². The molecule has 3 aromatic rings. The molecule has 0 unspecified atom stereocenters. The summed E-state index contributed by atoms with van der Waals surface area (Å²) in [6.45, 7) is 5.29. The highest BCUT2D eigenvalue weighted by Crippen LogP contribution is 2.36. The van der Waals surface area contributed by atoms with Gasteiger partial charge in [-0.1, -0.05) is 53.5 Å². The van der Waals surface area contributed by atoms with Gasteiger partial charge in [0.05, 0.1) is 23.2 Å². The van der Waals surface area contributed by atoms with E-state index in [1.165, 1.54) is 11.3 Å². The summed E-state index contributed by atoms with van der Waals surface area (Å²) in [7, 11) is 0. The Hall–Kier alpha value is -2.58. The third-order valence-corrected chi connectivity index (χ3v) is 7.25. The lowest BCUT2D eigenvalue weighted by atomic mass is 10.0. The van der Waals surface area contributed by atoms with Gasteiger partial charge in [-0.05, 0) is 30.7 Å². The van der Waals surface area contributed by atoms with Crippen molar-refractivity contribution in [2.24, 2.45) is 0 Å². The fourth-order valence-electron chi connectivity index (χ4n) is 3.90. The molecule has 1 aliphatic heterocycles. The van der Waals surface area contributed by atoms with E-state index < -0.39 is 5.97 Å². The molecule has 1 fully saturated rings. The van der Waals surface area contributed by atoms with Gasteiger partial charge in [-0.25, -0.2) is 4.79 Å². The number of nitrogens with zero attached hydrogens (tertiary/aromatic N) is 2. The second kappa shape index (κ2) is 11.2. The lowest BCUT2D eigenvalue weighted by Gasteiger charge is -2.35. The van der Waals surface area contributed by atoms with Crippen LogP contribution in [0.15, 0.2) is 53.9 Å². The van der Waals surface area contributed by atoms with Gasteiger partial charge in [0.15, 0.2) is 0 Å². The van der Waals surface area contributed by atoms with E-state index in [2.05, 4.69) is 15.1 Å². The van der Waals surface area contributed by atoms with Crippen molar-refractivity contribution < 1.29 is 14.3 Å². The van der Waals surface area contributed by atoms with Crippen molar-refractivity contribution in [2.45, 2.75) is 6.92 Å². The third kappa shape index (κ3) is 5.73. The van der Waals surface area contributed by atoms with Crippen LogP contribution in [0, 0.1) is 0 Å². The second-order valence-electron chi connectivity index (χ2n) is 7.85. The lowest BCUT2D eigenvalue weighted by Crippen LogP contribution is -2.48. The summed E-state index contributed by atoms with van der Waals surface area (Å²) in [6.07, 6.45) is 0. The van der Waals surface area contributed by atoms with Crippen LogP contribution in [0.2, 0.25) is 10.0 Å². The molecule has 0 bridgehead atoms. The molecular weight excluding hydrogens is 493 g/mol. The fourth-order valence-corrected chi connectivity index (χ4v) is 5.17. The van der Waals surface area contributed by atoms with Crippen LogP contribution < -0.4 is 10.2 Å². The molecule has 178 valence electrons. The van der Waals surface area contributed by atoms with Gasteiger partial charge in [0.25, 0.3) is 0 Å². The molecule has 1 N–H and O–H groups in total.